The Kier molecular flexibility index (Phi) is 7.24. The lowest BCUT2D eigenvalue weighted by molar-refractivity contribution is -0.128. The number of likely N-dealkylation sites (tertiary alicyclic amines) is 1. The Hall–Kier alpha value is -3.33. The number of nitrogens with zero attached hydrogens (tertiary/aromatic N) is 4. The van der Waals surface area contributed by atoms with Crippen molar-refractivity contribution in [3.8, 4) is 5.88 Å². The molecule has 0 unspecified atom stereocenters. The van der Waals surface area contributed by atoms with Gasteiger partial charge in [-0.25, -0.2) is 9.97 Å². The molecule has 2 aliphatic carbocycles. The number of aliphatic hydroxyl groups excluding tert-OH is 1. The van der Waals surface area contributed by atoms with E-state index in [0.29, 0.717) is 48.8 Å². The van der Waals surface area contributed by atoms with Gasteiger partial charge in [-0.2, -0.15) is 4.98 Å². The maximum absolute atomic E-state index is 13.0. The minimum atomic E-state index is -0.787. The van der Waals surface area contributed by atoms with E-state index in [1.807, 2.05) is 25.1 Å². The summed E-state index contributed by atoms with van der Waals surface area (Å²) in [5, 5.41) is 23.6. The van der Waals surface area contributed by atoms with Crippen molar-refractivity contribution in [2.24, 2.45) is 5.41 Å². The summed E-state index contributed by atoms with van der Waals surface area (Å²) in [4.78, 5) is 28.7. The van der Waals surface area contributed by atoms with Gasteiger partial charge in [-0.3, -0.25) is 9.69 Å². The maximum atomic E-state index is 13.0. The van der Waals surface area contributed by atoms with E-state index in [2.05, 4.69) is 32.2 Å². The first kappa shape index (κ1) is 25.3. The van der Waals surface area contributed by atoms with E-state index in [1.165, 1.54) is 0 Å². The molecule has 0 amide bonds. The van der Waals surface area contributed by atoms with Crippen LogP contribution >= 0.6 is 0 Å². The molecule has 1 aliphatic heterocycles. The van der Waals surface area contributed by atoms with Crippen molar-refractivity contribution in [1.29, 1.82) is 5.41 Å². The third-order valence-corrected chi connectivity index (χ3v) is 8.15. The first-order valence-corrected chi connectivity index (χ1v) is 13.4. The van der Waals surface area contributed by atoms with Crippen LogP contribution in [0.1, 0.15) is 70.5 Å². The topological polar surface area (TPSA) is 124 Å². The Morgan fingerprint density at radius 2 is 2.03 bits per heavy atom. The number of hydrogen-bond donors (Lipinski definition) is 3. The number of anilines is 2. The fourth-order valence-corrected chi connectivity index (χ4v) is 6.12. The average molecular weight is 505 g/mol. The number of ketones is 1. The molecule has 1 saturated heterocycles. The van der Waals surface area contributed by atoms with Gasteiger partial charge in [0, 0.05) is 30.3 Å². The predicted octanol–water partition coefficient (Wildman–Crippen LogP) is 5.08. The molecule has 0 bridgehead atoms. The first-order valence-electron chi connectivity index (χ1n) is 13.4. The largest absolute Gasteiger partial charge is 0.504 e. The van der Waals surface area contributed by atoms with Crippen LogP contribution in [0.15, 0.2) is 36.0 Å². The third kappa shape index (κ3) is 5.09. The predicted molar refractivity (Wildman–Crippen MR) is 142 cm³/mol. The van der Waals surface area contributed by atoms with Crippen LogP contribution in [0.2, 0.25) is 0 Å². The molecule has 9 nitrogen and oxygen atoms in total. The number of pyridine rings is 1. The zero-order valence-corrected chi connectivity index (χ0v) is 21.7. The second-order valence-electron chi connectivity index (χ2n) is 10.5. The van der Waals surface area contributed by atoms with Crippen LogP contribution in [0.5, 0.6) is 5.88 Å². The highest BCUT2D eigenvalue weighted by Gasteiger charge is 2.47. The van der Waals surface area contributed by atoms with E-state index in [-0.39, 0.29) is 35.2 Å². The molecule has 3 atom stereocenters. The summed E-state index contributed by atoms with van der Waals surface area (Å²) in [7, 11) is 2.10. The molecule has 0 radical (unpaired) electrons. The standard InChI is InChI=1S/C28H36N6O3/c1-18(20-10-8-16-34(20)2)37-24-17-23(31-22-12-4-6-15-30-22)32-27(33-24)25(36)19-9-7-14-28(26(19)29)13-5-3-11-21(28)35/h4,6,12,15,17-18,20,29,36H,3,5,7-11,13-14,16H2,1-2H3,(H,30,31,32,33)/b25-19-,29-26?/t18-,20-,28+/m0/s1. The van der Waals surface area contributed by atoms with Crippen molar-refractivity contribution >= 4 is 28.9 Å². The monoisotopic (exact) mass is 504 g/mol. The van der Waals surface area contributed by atoms with Gasteiger partial charge in [-0.05, 0) is 77.6 Å². The number of nitrogens with one attached hydrogen (secondary N) is 2. The van der Waals surface area contributed by atoms with Crippen LogP contribution in [0.3, 0.4) is 0 Å². The number of rotatable bonds is 6. The van der Waals surface area contributed by atoms with Gasteiger partial charge in [0.2, 0.25) is 5.88 Å². The number of carbonyl (C=O) groups is 1. The van der Waals surface area contributed by atoms with E-state index < -0.39 is 5.41 Å². The zero-order chi connectivity index (χ0) is 26.0. The Balaban J connectivity index is 1.50. The van der Waals surface area contributed by atoms with Crippen molar-refractivity contribution in [3.63, 3.8) is 0 Å². The summed E-state index contributed by atoms with van der Waals surface area (Å²) in [6.07, 6.45) is 8.66. The lowest BCUT2D eigenvalue weighted by Gasteiger charge is -2.40. The smallest absolute Gasteiger partial charge is 0.219 e. The Morgan fingerprint density at radius 3 is 2.76 bits per heavy atom. The Morgan fingerprint density at radius 1 is 1.19 bits per heavy atom. The third-order valence-electron chi connectivity index (χ3n) is 8.15. The summed E-state index contributed by atoms with van der Waals surface area (Å²) in [6.45, 7) is 3.07. The number of ether oxygens (including phenoxy) is 1. The second-order valence-corrected chi connectivity index (χ2v) is 10.5. The van der Waals surface area contributed by atoms with Gasteiger partial charge in [0.05, 0.1) is 11.1 Å². The van der Waals surface area contributed by atoms with E-state index in [4.69, 9.17) is 10.1 Å². The van der Waals surface area contributed by atoms with Gasteiger partial charge in [-0.1, -0.05) is 12.5 Å². The van der Waals surface area contributed by atoms with Crippen molar-refractivity contribution in [2.75, 3.05) is 18.9 Å². The number of Topliss-reactive ketones (excluding diaryl/α,β-unsaturated/α-hetero) is 1. The first-order chi connectivity index (χ1) is 17.9. The molecule has 3 heterocycles. The van der Waals surface area contributed by atoms with Crippen LogP contribution in [0, 0.1) is 10.8 Å². The summed E-state index contributed by atoms with van der Waals surface area (Å²) < 4.78 is 6.28. The fourth-order valence-electron chi connectivity index (χ4n) is 6.12. The van der Waals surface area contributed by atoms with Crippen LogP contribution < -0.4 is 10.1 Å². The molecule has 1 spiro atoms. The Labute approximate surface area is 217 Å². The van der Waals surface area contributed by atoms with Gasteiger partial charge in [0.15, 0.2) is 11.6 Å². The van der Waals surface area contributed by atoms with Gasteiger partial charge >= 0.3 is 0 Å². The molecule has 2 saturated carbocycles. The lowest BCUT2D eigenvalue weighted by atomic mass is 9.62. The zero-order valence-electron chi connectivity index (χ0n) is 21.7. The summed E-state index contributed by atoms with van der Waals surface area (Å²) in [5.74, 6) is 1.44. The van der Waals surface area contributed by atoms with Crippen LogP contribution in [0.25, 0.3) is 5.76 Å². The number of aromatic nitrogens is 3. The summed E-state index contributed by atoms with van der Waals surface area (Å²) in [5.41, 5.74) is -0.0908. The molecule has 5 rings (SSSR count). The van der Waals surface area contributed by atoms with E-state index in [1.54, 1.807) is 12.3 Å². The maximum Gasteiger partial charge on any atom is 0.219 e. The average Bonchev–Trinajstić information content (AvgIpc) is 3.33. The molecule has 2 aromatic rings. The summed E-state index contributed by atoms with van der Waals surface area (Å²) >= 11 is 0. The number of carbonyl (C=O) groups excluding carboxylic acids is 1. The second kappa shape index (κ2) is 10.6. The van der Waals surface area contributed by atoms with Gasteiger partial charge in [0.1, 0.15) is 23.5 Å². The molecule has 3 N–H and O–H groups in total. The summed E-state index contributed by atoms with van der Waals surface area (Å²) in [6, 6.07) is 7.52. The highest BCUT2D eigenvalue weighted by atomic mass is 16.5. The van der Waals surface area contributed by atoms with E-state index in [9.17, 15) is 9.90 Å². The van der Waals surface area contributed by atoms with Crippen LogP contribution in [-0.4, -0.2) is 62.2 Å². The molecule has 2 aromatic heterocycles. The normalized spacial score (nSPS) is 26.8. The molecule has 3 aliphatic rings. The van der Waals surface area contributed by atoms with Crippen LogP contribution in [-0.2, 0) is 4.79 Å². The fraction of sp³-hybridized carbons (Fsp3) is 0.536. The van der Waals surface area contributed by atoms with Crippen LogP contribution in [0.4, 0.5) is 11.6 Å². The lowest BCUT2D eigenvalue weighted by Crippen LogP contribution is -2.44. The van der Waals surface area contributed by atoms with Gasteiger partial charge in [-0.15, -0.1) is 0 Å². The number of likely N-dealkylation sites (N-methyl/N-ethyl adjacent to an activating group) is 1. The van der Waals surface area contributed by atoms with E-state index in [0.717, 1.165) is 38.6 Å². The van der Waals surface area contributed by atoms with Gasteiger partial charge < -0.3 is 20.6 Å². The van der Waals surface area contributed by atoms with Crippen molar-refractivity contribution in [2.45, 2.75) is 76.9 Å². The van der Waals surface area contributed by atoms with Crippen molar-refractivity contribution in [3.05, 3.63) is 41.9 Å². The minimum Gasteiger partial charge on any atom is -0.504 e. The van der Waals surface area contributed by atoms with Gasteiger partial charge in [0.25, 0.3) is 0 Å². The van der Waals surface area contributed by atoms with Crippen molar-refractivity contribution < 1.29 is 14.6 Å². The molecular weight excluding hydrogens is 468 g/mol. The molecule has 196 valence electrons. The van der Waals surface area contributed by atoms with Crippen molar-refractivity contribution in [1.82, 2.24) is 19.9 Å². The highest BCUT2D eigenvalue weighted by Crippen LogP contribution is 2.46. The Bertz CT molecular complexity index is 1200. The highest BCUT2D eigenvalue weighted by molar-refractivity contribution is 6.18. The minimum absolute atomic E-state index is 0.0861. The molecule has 0 aromatic carbocycles. The molecular formula is C28H36N6O3. The SMILES string of the molecule is C[C@H](Oc1cc(Nc2ccccn2)nc(/C(O)=C2\CCC[C@@]3(CCCCC3=O)C2=N)n1)[C@@H]1CCCN1C. The molecule has 9 heteroatoms. The quantitative estimate of drug-likeness (QED) is 0.465. The molecule has 37 heavy (non-hydrogen) atoms. The van der Waals surface area contributed by atoms with E-state index >= 15 is 0 Å². The molecule has 3 fully saturated rings. The number of hydrogen-bond acceptors (Lipinski definition) is 9. The number of aliphatic hydroxyl groups is 1. The number of allylic oxidation sites excluding steroid dienone is 1.